The van der Waals surface area contributed by atoms with Crippen molar-refractivity contribution in [3.63, 3.8) is 0 Å². The molecule has 0 spiro atoms. The minimum atomic E-state index is -0.810. The Morgan fingerprint density at radius 1 is 0.448 bits per heavy atom. The van der Waals surface area contributed by atoms with Gasteiger partial charge in [0.1, 0.15) is 6.10 Å². The van der Waals surface area contributed by atoms with Crippen molar-refractivity contribution in [2.24, 2.45) is 0 Å². The molecular formula is C61H107NO5. The molecule has 0 rings (SSSR count). The molecule has 6 nitrogen and oxygen atoms in total. The van der Waals surface area contributed by atoms with Crippen LogP contribution in [0.2, 0.25) is 0 Å². The van der Waals surface area contributed by atoms with Gasteiger partial charge >= 0.3 is 5.97 Å². The van der Waals surface area contributed by atoms with Gasteiger partial charge in [0.15, 0.2) is 0 Å². The van der Waals surface area contributed by atoms with E-state index in [-0.39, 0.29) is 24.9 Å². The highest BCUT2D eigenvalue weighted by Gasteiger charge is 2.24. The Labute approximate surface area is 414 Å². The lowest BCUT2D eigenvalue weighted by atomic mass is 10.0. The molecule has 3 N–H and O–H groups in total. The summed E-state index contributed by atoms with van der Waals surface area (Å²) in [6, 6.07) is -0.728. The van der Waals surface area contributed by atoms with Gasteiger partial charge in [0.2, 0.25) is 5.91 Å². The minimum Gasteiger partial charge on any atom is -0.462 e. The smallest absolute Gasteiger partial charge is 0.306 e. The number of unbranched alkanes of at least 4 members (excludes halogenated alkanes) is 26. The largest absolute Gasteiger partial charge is 0.462 e. The SMILES string of the molecule is CCCCC/C=C\C/C=C\C/C=C\C/C=C\CCCC(CC(=O)NC(CO)C(O)CCCCCCCCCCCCCCC)OC(=O)CCCCCCC/C=C/C=C/C=C/CCCCCCC. The summed E-state index contributed by atoms with van der Waals surface area (Å²) in [4.78, 5) is 26.2. The standard InChI is InChI=1S/C61H107NO5/c1-4-7-10-13-16-19-22-25-27-29-31-33-36-39-42-45-48-51-54-61(66)67-57(52-49-46-43-40-37-35-32-30-28-26-23-20-17-14-11-8-5-2)55-60(65)62-58(56-63)59(64)53-50-47-44-41-38-34-24-21-18-15-12-9-6-3/h17,20,22,25-29,31-33,35,40,43,57-59,63-64H,4-16,18-19,21,23-24,30,34,36-39,41-42,44-56H2,1-3H3,(H,62,65)/b20-17-,25-22+,28-26-,29-27+,33-31+,35-32-,43-40-. The Bertz CT molecular complexity index is 1280. The molecule has 0 radical (unpaired) electrons. The summed E-state index contributed by atoms with van der Waals surface area (Å²) >= 11 is 0. The Morgan fingerprint density at radius 3 is 1.33 bits per heavy atom. The lowest BCUT2D eigenvalue weighted by Gasteiger charge is -2.24. The van der Waals surface area contributed by atoms with Crippen LogP contribution in [-0.4, -0.2) is 46.9 Å². The van der Waals surface area contributed by atoms with Gasteiger partial charge in [-0.15, -0.1) is 0 Å². The molecule has 0 saturated heterocycles. The summed E-state index contributed by atoms with van der Waals surface area (Å²) in [5.41, 5.74) is 0. The van der Waals surface area contributed by atoms with E-state index in [4.69, 9.17) is 4.74 Å². The number of rotatable bonds is 50. The molecule has 0 aromatic rings. The van der Waals surface area contributed by atoms with E-state index < -0.39 is 18.2 Å². The van der Waals surface area contributed by atoms with Crippen LogP contribution in [0.4, 0.5) is 0 Å². The second kappa shape index (κ2) is 54.0. The van der Waals surface area contributed by atoms with Gasteiger partial charge in [-0.3, -0.25) is 9.59 Å². The van der Waals surface area contributed by atoms with E-state index in [0.29, 0.717) is 19.3 Å². The zero-order chi connectivity index (χ0) is 48.8. The van der Waals surface area contributed by atoms with E-state index in [1.807, 2.05) is 0 Å². The summed E-state index contributed by atoms with van der Waals surface area (Å²) < 4.78 is 5.92. The van der Waals surface area contributed by atoms with E-state index in [1.54, 1.807) is 0 Å². The quantitative estimate of drug-likeness (QED) is 0.0244. The first-order valence-corrected chi connectivity index (χ1v) is 28.3. The number of hydrogen-bond donors (Lipinski definition) is 3. The van der Waals surface area contributed by atoms with Crippen LogP contribution in [0, 0.1) is 0 Å². The molecule has 67 heavy (non-hydrogen) atoms. The van der Waals surface area contributed by atoms with E-state index in [1.165, 1.54) is 122 Å². The molecular weight excluding hydrogens is 827 g/mol. The summed E-state index contributed by atoms with van der Waals surface area (Å²) in [6.07, 6.45) is 70.7. The van der Waals surface area contributed by atoms with Crippen LogP contribution in [-0.2, 0) is 14.3 Å². The van der Waals surface area contributed by atoms with Gasteiger partial charge in [0.05, 0.1) is 25.2 Å². The first kappa shape index (κ1) is 64.0. The maximum absolute atomic E-state index is 13.2. The number of carbonyl (C=O) groups is 2. The third-order valence-corrected chi connectivity index (χ3v) is 12.5. The van der Waals surface area contributed by atoms with Gasteiger partial charge in [-0.1, -0.05) is 247 Å². The Balaban J connectivity index is 4.73. The van der Waals surface area contributed by atoms with Crippen molar-refractivity contribution < 1.29 is 24.5 Å². The van der Waals surface area contributed by atoms with Gasteiger partial charge in [0, 0.05) is 6.42 Å². The highest BCUT2D eigenvalue weighted by Crippen LogP contribution is 2.17. The molecule has 0 heterocycles. The highest BCUT2D eigenvalue weighted by molar-refractivity contribution is 5.77. The lowest BCUT2D eigenvalue weighted by molar-refractivity contribution is -0.151. The van der Waals surface area contributed by atoms with Crippen LogP contribution >= 0.6 is 0 Å². The second-order valence-electron chi connectivity index (χ2n) is 19.0. The topological polar surface area (TPSA) is 95.9 Å². The Kier molecular flexibility index (Phi) is 51.6. The third-order valence-electron chi connectivity index (χ3n) is 12.5. The van der Waals surface area contributed by atoms with Gasteiger partial charge in [-0.25, -0.2) is 0 Å². The molecule has 386 valence electrons. The fraction of sp³-hybridized carbons (Fsp3) is 0.738. The maximum Gasteiger partial charge on any atom is 0.306 e. The molecule has 0 aromatic carbocycles. The minimum absolute atomic E-state index is 0.0282. The van der Waals surface area contributed by atoms with Crippen molar-refractivity contribution in [1.82, 2.24) is 5.32 Å². The number of amides is 1. The molecule has 3 atom stereocenters. The number of carbonyl (C=O) groups excluding carboxylic acids is 2. The number of hydrogen-bond acceptors (Lipinski definition) is 5. The average Bonchev–Trinajstić information content (AvgIpc) is 3.32. The number of allylic oxidation sites excluding steroid dienone is 14. The van der Waals surface area contributed by atoms with Crippen molar-refractivity contribution in [3.8, 4) is 0 Å². The summed E-state index contributed by atoms with van der Waals surface area (Å²) in [7, 11) is 0. The predicted octanol–water partition coefficient (Wildman–Crippen LogP) is 17.5. The summed E-state index contributed by atoms with van der Waals surface area (Å²) in [5, 5.41) is 23.8. The number of esters is 1. The van der Waals surface area contributed by atoms with E-state index in [0.717, 1.165) is 96.3 Å². The van der Waals surface area contributed by atoms with Crippen LogP contribution in [0.3, 0.4) is 0 Å². The molecule has 6 heteroatoms. The lowest BCUT2D eigenvalue weighted by Crippen LogP contribution is -2.46. The first-order valence-electron chi connectivity index (χ1n) is 28.3. The van der Waals surface area contributed by atoms with Crippen LogP contribution in [0.1, 0.15) is 265 Å². The van der Waals surface area contributed by atoms with Crippen molar-refractivity contribution in [2.75, 3.05) is 6.61 Å². The fourth-order valence-corrected chi connectivity index (χ4v) is 8.19. The van der Waals surface area contributed by atoms with Crippen molar-refractivity contribution >= 4 is 11.9 Å². The summed E-state index contributed by atoms with van der Waals surface area (Å²) in [5.74, 6) is -0.551. The normalized spacial score (nSPS) is 13.8. The van der Waals surface area contributed by atoms with Gasteiger partial charge in [-0.2, -0.15) is 0 Å². The molecule has 0 aliphatic heterocycles. The molecule has 1 amide bonds. The second-order valence-corrected chi connectivity index (χ2v) is 19.0. The first-order chi connectivity index (χ1) is 33.0. The van der Waals surface area contributed by atoms with Crippen molar-refractivity contribution in [1.29, 1.82) is 0 Å². The van der Waals surface area contributed by atoms with Gasteiger partial charge in [-0.05, 0) is 89.9 Å². The molecule has 0 bridgehead atoms. The molecule has 3 unspecified atom stereocenters. The third kappa shape index (κ3) is 49.3. The van der Waals surface area contributed by atoms with Crippen molar-refractivity contribution in [3.05, 3.63) is 85.1 Å². The van der Waals surface area contributed by atoms with E-state index in [2.05, 4.69) is 111 Å². The average molecular weight is 935 g/mol. The van der Waals surface area contributed by atoms with E-state index in [9.17, 15) is 19.8 Å². The molecule has 0 aliphatic carbocycles. The fourth-order valence-electron chi connectivity index (χ4n) is 8.19. The molecule has 0 aromatic heterocycles. The molecule has 0 saturated carbocycles. The Hall–Kier alpha value is -2.96. The van der Waals surface area contributed by atoms with Crippen LogP contribution in [0.15, 0.2) is 85.1 Å². The van der Waals surface area contributed by atoms with Crippen molar-refractivity contribution in [2.45, 2.75) is 283 Å². The zero-order valence-corrected chi connectivity index (χ0v) is 44.0. The zero-order valence-electron chi connectivity index (χ0n) is 44.0. The number of aliphatic hydroxyl groups excluding tert-OH is 2. The van der Waals surface area contributed by atoms with E-state index >= 15 is 0 Å². The molecule has 0 fully saturated rings. The summed E-state index contributed by atoms with van der Waals surface area (Å²) in [6.45, 7) is 6.43. The van der Waals surface area contributed by atoms with Crippen LogP contribution in [0.5, 0.6) is 0 Å². The number of nitrogens with one attached hydrogen (secondary N) is 1. The number of aliphatic hydroxyl groups is 2. The number of ether oxygens (including phenoxy) is 1. The highest BCUT2D eigenvalue weighted by atomic mass is 16.5. The van der Waals surface area contributed by atoms with Crippen LogP contribution in [0.25, 0.3) is 0 Å². The Morgan fingerprint density at radius 2 is 0.836 bits per heavy atom. The van der Waals surface area contributed by atoms with Gasteiger partial charge < -0.3 is 20.3 Å². The maximum atomic E-state index is 13.2. The predicted molar refractivity (Wildman–Crippen MR) is 291 cm³/mol. The molecule has 0 aliphatic rings. The monoisotopic (exact) mass is 934 g/mol. The van der Waals surface area contributed by atoms with Gasteiger partial charge in [0.25, 0.3) is 0 Å². The van der Waals surface area contributed by atoms with Crippen LogP contribution < -0.4 is 5.32 Å².